The number of hydrogen-bond donors (Lipinski definition) is 2. The Morgan fingerprint density at radius 1 is 1.24 bits per heavy atom. The van der Waals surface area contributed by atoms with Crippen LogP contribution in [0, 0.1) is 0 Å². The van der Waals surface area contributed by atoms with E-state index in [1.165, 1.54) is 5.56 Å². The van der Waals surface area contributed by atoms with Crippen molar-refractivity contribution in [3.8, 4) is 0 Å². The highest BCUT2D eigenvalue weighted by atomic mass is 16.5. The number of amides is 1. The first-order valence-electron chi connectivity index (χ1n) is 8.54. The molecule has 0 saturated heterocycles. The number of benzene rings is 2. The normalized spacial score (nSPS) is 17.5. The smallest absolute Gasteiger partial charge is 0.282 e. The van der Waals surface area contributed by atoms with E-state index >= 15 is 0 Å². The molecule has 130 valence electrons. The highest BCUT2D eigenvalue weighted by Crippen LogP contribution is 2.24. The number of nitrogens with one attached hydrogen (secondary N) is 1. The fraction of sp³-hybridized carbons (Fsp3) is 0.300. The molecular weight excluding hydrogens is 314 g/mol. The molecule has 0 aliphatic carbocycles. The Labute approximate surface area is 147 Å². The van der Waals surface area contributed by atoms with E-state index in [2.05, 4.69) is 29.4 Å². The van der Waals surface area contributed by atoms with Gasteiger partial charge in [0, 0.05) is 11.3 Å². The van der Waals surface area contributed by atoms with Crippen LogP contribution >= 0.6 is 0 Å². The second-order valence-electron chi connectivity index (χ2n) is 6.35. The van der Waals surface area contributed by atoms with E-state index in [1.54, 1.807) is 12.1 Å². The lowest BCUT2D eigenvalue weighted by Gasteiger charge is -2.14. The van der Waals surface area contributed by atoms with Crippen molar-refractivity contribution in [2.24, 2.45) is 10.7 Å². The Bertz CT molecular complexity index is 741. The molecule has 1 amide bonds. The summed E-state index contributed by atoms with van der Waals surface area (Å²) in [6.07, 6.45) is 1.97. The molecule has 0 fully saturated rings. The zero-order valence-corrected chi connectivity index (χ0v) is 14.3. The lowest BCUT2D eigenvalue weighted by molar-refractivity contribution is 0.102. The summed E-state index contributed by atoms with van der Waals surface area (Å²) in [5.74, 6) is 0.314. The van der Waals surface area contributed by atoms with Crippen molar-refractivity contribution in [2.45, 2.75) is 31.7 Å². The zero-order chi connectivity index (χ0) is 17.6. The molecule has 3 rings (SSSR count). The molecule has 1 heterocycles. The van der Waals surface area contributed by atoms with Crippen molar-refractivity contribution in [1.29, 1.82) is 0 Å². The second kappa shape index (κ2) is 7.83. The molecule has 5 heteroatoms. The van der Waals surface area contributed by atoms with Crippen LogP contribution in [0.3, 0.4) is 0 Å². The predicted molar refractivity (Wildman–Crippen MR) is 99.8 cm³/mol. The quantitative estimate of drug-likeness (QED) is 0.846. The number of nitrogens with zero attached hydrogens (tertiary/aromatic N) is 1. The molecule has 1 aliphatic heterocycles. The largest absolute Gasteiger partial charge is 0.463 e. The van der Waals surface area contributed by atoms with Crippen molar-refractivity contribution in [2.75, 3.05) is 11.9 Å². The summed E-state index contributed by atoms with van der Waals surface area (Å²) >= 11 is 0. The number of amidine groups is 1. The Kier molecular flexibility index (Phi) is 5.33. The standard InChI is InChI=1S/C20H23N3O2/c1-14(7-10-18-13-25-20(21)23-18)15-8-11-17(12-9-15)22-19(24)16-5-3-2-4-6-16/h2-6,8-9,11-12,14,18H,7,10,13H2,1H3,(H2,21,23)(H,22,24)/t14?,18-/m0/s1. The van der Waals surface area contributed by atoms with Gasteiger partial charge < -0.3 is 15.8 Å². The van der Waals surface area contributed by atoms with Gasteiger partial charge in [0.1, 0.15) is 6.61 Å². The summed E-state index contributed by atoms with van der Waals surface area (Å²) in [4.78, 5) is 16.4. The second-order valence-corrected chi connectivity index (χ2v) is 6.35. The number of nitrogens with two attached hydrogens (primary N) is 1. The number of carbonyl (C=O) groups is 1. The van der Waals surface area contributed by atoms with Gasteiger partial charge in [-0.05, 0) is 48.6 Å². The number of hydrogen-bond acceptors (Lipinski definition) is 4. The van der Waals surface area contributed by atoms with E-state index in [9.17, 15) is 4.79 Å². The first kappa shape index (κ1) is 17.0. The highest BCUT2D eigenvalue weighted by Gasteiger charge is 2.18. The first-order valence-corrected chi connectivity index (χ1v) is 8.54. The number of rotatable bonds is 6. The van der Waals surface area contributed by atoms with Crippen LogP contribution in [0.25, 0.3) is 0 Å². The molecule has 3 N–H and O–H groups in total. The number of carbonyl (C=O) groups excluding carboxylic acids is 1. The molecular formula is C20H23N3O2. The van der Waals surface area contributed by atoms with Crippen LogP contribution in [-0.2, 0) is 4.74 Å². The van der Waals surface area contributed by atoms with Crippen molar-refractivity contribution < 1.29 is 9.53 Å². The molecule has 0 aromatic heterocycles. The summed E-state index contributed by atoms with van der Waals surface area (Å²) in [5, 5.41) is 2.92. The van der Waals surface area contributed by atoms with E-state index in [-0.39, 0.29) is 11.9 Å². The molecule has 1 aliphatic rings. The molecule has 2 atom stereocenters. The molecule has 2 aromatic rings. The van der Waals surface area contributed by atoms with Crippen molar-refractivity contribution in [1.82, 2.24) is 0 Å². The fourth-order valence-electron chi connectivity index (χ4n) is 2.88. The Hall–Kier alpha value is -2.82. The number of ether oxygens (including phenoxy) is 1. The van der Waals surface area contributed by atoms with Crippen molar-refractivity contribution in [3.05, 3.63) is 65.7 Å². The van der Waals surface area contributed by atoms with E-state index < -0.39 is 0 Å². The van der Waals surface area contributed by atoms with Gasteiger partial charge in [-0.15, -0.1) is 0 Å². The van der Waals surface area contributed by atoms with E-state index in [0.29, 0.717) is 24.1 Å². The molecule has 0 bridgehead atoms. The molecule has 2 aromatic carbocycles. The Morgan fingerprint density at radius 3 is 2.60 bits per heavy atom. The van der Waals surface area contributed by atoms with Crippen molar-refractivity contribution >= 4 is 17.6 Å². The highest BCUT2D eigenvalue weighted by molar-refractivity contribution is 6.04. The van der Waals surface area contributed by atoms with Gasteiger partial charge in [-0.2, -0.15) is 0 Å². The first-order chi connectivity index (χ1) is 12.1. The average molecular weight is 337 g/mol. The summed E-state index contributed by atoms with van der Waals surface area (Å²) in [6, 6.07) is 17.7. The summed E-state index contributed by atoms with van der Waals surface area (Å²) in [6.45, 7) is 2.78. The maximum atomic E-state index is 12.2. The third-order valence-corrected chi connectivity index (χ3v) is 4.44. The monoisotopic (exact) mass is 337 g/mol. The number of aliphatic imine (C=N–C) groups is 1. The van der Waals surface area contributed by atoms with Gasteiger partial charge in [0.2, 0.25) is 0 Å². The van der Waals surface area contributed by atoms with Crippen LogP contribution in [-0.4, -0.2) is 24.6 Å². The van der Waals surface area contributed by atoms with Gasteiger partial charge in [-0.3, -0.25) is 4.79 Å². The lowest BCUT2D eigenvalue weighted by Crippen LogP contribution is -2.11. The third-order valence-electron chi connectivity index (χ3n) is 4.44. The van der Waals surface area contributed by atoms with Gasteiger partial charge in [0.15, 0.2) is 0 Å². The summed E-state index contributed by atoms with van der Waals surface area (Å²) < 4.78 is 5.18. The van der Waals surface area contributed by atoms with Crippen LogP contribution in [0.4, 0.5) is 5.69 Å². The van der Waals surface area contributed by atoms with Gasteiger partial charge in [-0.25, -0.2) is 4.99 Å². The topological polar surface area (TPSA) is 76.7 Å². The minimum Gasteiger partial charge on any atom is -0.463 e. The molecule has 0 radical (unpaired) electrons. The van der Waals surface area contributed by atoms with Gasteiger partial charge in [-0.1, -0.05) is 37.3 Å². The average Bonchev–Trinajstić information content (AvgIpc) is 3.06. The van der Waals surface area contributed by atoms with Gasteiger partial charge >= 0.3 is 0 Å². The zero-order valence-electron chi connectivity index (χ0n) is 14.3. The predicted octanol–water partition coefficient (Wildman–Crippen LogP) is 3.54. The Balaban J connectivity index is 1.53. The van der Waals surface area contributed by atoms with Crippen LogP contribution < -0.4 is 11.1 Å². The van der Waals surface area contributed by atoms with E-state index in [1.807, 2.05) is 30.3 Å². The minimum absolute atomic E-state index is 0.0990. The van der Waals surface area contributed by atoms with E-state index in [4.69, 9.17) is 10.5 Å². The van der Waals surface area contributed by atoms with Crippen LogP contribution in [0.2, 0.25) is 0 Å². The molecule has 1 unspecified atom stereocenters. The molecule has 0 spiro atoms. The van der Waals surface area contributed by atoms with Gasteiger partial charge in [0.25, 0.3) is 11.9 Å². The lowest BCUT2D eigenvalue weighted by atomic mass is 9.94. The maximum absolute atomic E-state index is 12.2. The summed E-state index contributed by atoms with van der Waals surface area (Å²) in [5.41, 5.74) is 8.23. The maximum Gasteiger partial charge on any atom is 0.282 e. The third kappa shape index (κ3) is 4.59. The summed E-state index contributed by atoms with van der Waals surface area (Å²) in [7, 11) is 0. The Morgan fingerprint density at radius 2 is 1.96 bits per heavy atom. The molecule has 5 nitrogen and oxygen atoms in total. The molecule has 25 heavy (non-hydrogen) atoms. The van der Waals surface area contributed by atoms with Gasteiger partial charge in [0.05, 0.1) is 6.04 Å². The van der Waals surface area contributed by atoms with Crippen molar-refractivity contribution in [3.63, 3.8) is 0 Å². The SMILES string of the molecule is CC(CC[C@H]1COC(N)=N1)c1ccc(NC(=O)c2ccccc2)cc1. The van der Waals surface area contributed by atoms with Crippen LogP contribution in [0.15, 0.2) is 59.6 Å². The minimum atomic E-state index is -0.0990. The number of anilines is 1. The van der Waals surface area contributed by atoms with E-state index in [0.717, 1.165) is 18.5 Å². The molecule has 0 saturated carbocycles. The van der Waals surface area contributed by atoms with Crippen LogP contribution in [0.5, 0.6) is 0 Å². The van der Waals surface area contributed by atoms with Crippen LogP contribution in [0.1, 0.15) is 41.6 Å². The fourth-order valence-corrected chi connectivity index (χ4v) is 2.88.